The third-order valence-corrected chi connectivity index (χ3v) is 8.95. The van der Waals surface area contributed by atoms with Gasteiger partial charge in [-0.3, -0.25) is 9.59 Å². The number of rotatable bonds is 4. The van der Waals surface area contributed by atoms with Crippen LogP contribution in [0.4, 0.5) is 0 Å². The molecule has 6 atom stereocenters. The molecule has 5 rings (SSSR count). The minimum atomic E-state index is -0.0347. The van der Waals surface area contributed by atoms with Crippen molar-refractivity contribution < 1.29 is 14.3 Å². The predicted octanol–water partition coefficient (Wildman–Crippen LogP) is 5.67. The summed E-state index contributed by atoms with van der Waals surface area (Å²) < 4.78 is 6.11. The number of aryl methyl sites for hydroxylation is 1. The Hall–Kier alpha value is -1.90. The molecule has 0 amide bonds. The smallest absolute Gasteiger partial charge is 0.306 e. The molecule has 3 fully saturated rings. The number of hydrogen-bond donors (Lipinski definition) is 0. The topological polar surface area (TPSA) is 43.4 Å². The van der Waals surface area contributed by atoms with E-state index in [9.17, 15) is 9.59 Å². The molecule has 30 heavy (non-hydrogen) atoms. The van der Waals surface area contributed by atoms with Gasteiger partial charge in [-0.1, -0.05) is 42.8 Å². The molecule has 3 saturated carbocycles. The standard InChI is InChI=1S/C27H34O3/c1-27-16-15-22-21-11-9-20(28)17-19(21)8-10-23(22)24(27)12-13-25(27)30-26(29)14-7-18-5-3-2-4-6-18/h2-6,17,21-25H,7-16H2,1H3/t21-,22-,23-,24+,25-,27-/m0/s1. The summed E-state index contributed by atoms with van der Waals surface area (Å²) in [6, 6.07) is 10.2. The molecule has 4 aliphatic carbocycles. The number of ether oxygens (including phenoxy) is 1. The number of benzene rings is 1. The second kappa shape index (κ2) is 7.98. The van der Waals surface area contributed by atoms with Crippen LogP contribution in [0.3, 0.4) is 0 Å². The van der Waals surface area contributed by atoms with Crippen molar-refractivity contribution in [3.8, 4) is 0 Å². The summed E-state index contributed by atoms with van der Waals surface area (Å²) in [6.45, 7) is 2.39. The molecular weight excluding hydrogens is 372 g/mol. The molecule has 0 aromatic heterocycles. The lowest BCUT2D eigenvalue weighted by Gasteiger charge is -2.53. The molecule has 0 heterocycles. The average molecular weight is 407 g/mol. The van der Waals surface area contributed by atoms with Crippen molar-refractivity contribution in [1.29, 1.82) is 0 Å². The monoisotopic (exact) mass is 406 g/mol. The van der Waals surface area contributed by atoms with Crippen molar-refractivity contribution >= 4 is 11.8 Å². The van der Waals surface area contributed by atoms with Gasteiger partial charge in [0.2, 0.25) is 0 Å². The molecule has 0 bridgehead atoms. The number of carbonyl (C=O) groups excluding carboxylic acids is 2. The zero-order valence-electron chi connectivity index (χ0n) is 18.1. The van der Waals surface area contributed by atoms with Gasteiger partial charge in [-0.25, -0.2) is 0 Å². The largest absolute Gasteiger partial charge is 0.462 e. The Morgan fingerprint density at radius 3 is 2.70 bits per heavy atom. The van der Waals surface area contributed by atoms with Crippen molar-refractivity contribution in [3.63, 3.8) is 0 Å². The van der Waals surface area contributed by atoms with Gasteiger partial charge < -0.3 is 4.74 Å². The first-order valence-electron chi connectivity index (χ1n) is 12.0. The molecule has 0 unspecified atom stereocenters. The van der Waals surface area contributed by atoms with Crippen LogP contribution in [0.1, 0.15) is 70.3 Å². The molecule has 0 saturated heterocycles. The van der Waals surface area contributed by atoms with E-state index in [1.165, 1.54) is 30.4 Å². The van der Waals surface area contributed by atoms with Crippen molar-refractivity contribution in [2.24, 2.45) is 29.1 Å². The second-order valence-electron chi connectivity index (χ2n) is 10.4. The van der Waals surface area contributed by atoms with Gasteiger partial charge in [0, 0.05) is 18.3 Å². The summed E-state index contributed by atoms with van der Waals surface area (Å²) in [5, 5.41) is 0. The maximum absolute atomic E-state index is 12.6. The molecule has 0 N–H and O–H groups in total. The summed E-state index contributed by atoms with van der Waals surface area (Å²) >= 11 is 0. The van der Waals surface area contributed by atoms with Crippen LogP contribution in [0.5, 0.6) is 0 Å². The normalized spacial score (nSPS) is 37.6. The van der Waals surface area contributed by atoms with E-state index in [0.29, 0.717) is 24.0 Å². The highest BCUT2D eigenvalue weighted by Gasteiger charge is 2.57. The maximum atomic E-state index is 12.6. The lowest BCUT2D eigenvalue weighted by molar-refractivity contribution is -0.158. The highest BCUT2D eigenvalue weighted by Crippen LogP contribution is 2.62. The predicted molar refractivity (Wildman–Crippen MR) is 117 cm³/mol. The van der Waals surface area contributed by atoms with Crippen LogP contribution in [-0.2, 0) is 20.7 Å². The van der Waals surface area contributed by atoms with Gasteiger partial charge in [0.25, 0.3) is 0 Å². The fraction of sp³-hybridized carbons (Fsp3) is 0.630. The fourth-order valence-corrected chi connectivity index (χ4v) is 7.43. The average Bonchev–Trinajstić information content (AvgIpc) is 3.09. The number of ketones is 1. The number of hydrogen-bond acceptors (Lipinski definition) is 3. The Kier molecular flexibility index (Phi) is 5.33. The van der Waals surface area contributed by atoms with Crippen molar-refractivity contribution in [1.82, 2.24) is 0 Å². The van der Waals surface area contributed by atoms with E-state index in [1.807, 2.05) is 24.3 Å². The van der Waals surface area contributed by atoms with Crippen LogP contribution in [0, 0.1) is 29.1 Å². The van der Waals surface area contributed by atoms with Gasteiger partial charge in [0.05, 0.1) is 0 Å². The fourth-order valence-electron chi connectivity index (χ4n) is 7.43. The minimum absolute atomic E-state index is 0.0347. The van der Waals surface area contributed by atoms with Crippen LogP contribution in [0.15, 0.2) is 42.0 Å². The molecule has 3 nitrogen and oxygen atoms in total. The molecule has 3 heteroatoms. The highest BCUT2D eigenvalue weighted by atomic mass is 16.5. The molecule has 0 aliphatic heterocycles. The summed E-state index contributed by atoms with van der Waals surface area (Å²) in [7, 11) is 0. The minimum Gasteiger partial charge on any atom is -0.462 e. The van der Waals surface area contributed by atoms with E-state index in [4.69, 9.17) is 4.74 Å². The SMILES string of the molecule is C[C@]12CC[C@@H]3[C@H](CCC4=CC(=O)CC[C@@H]43)[C@H]1CC[C@@H]2OC(=O)CCc1ccccc1. The molecule has 0 radical (unpaired) electrons. The Bertz CT molecular complexity index is 841. The van der Waals surface area contributed by atoms with Crippen molar-refractivity contribution in [2.75, 3.05) is 0 Å². The first-order chi connectivity index (χ1) is 14.5. The van der Waals surface area contributed by atoms with Crippen LogP contribution < -0.4 is 0 Å². The van der Waals surface area contributed by atoms with Gasteiger partial charge >= 0.3 is 5.97 Å². The van der Waals surface area contributed by atoms with Gasteiger partial charge in [-0.2, -0.15) is 0 Å². The summed E-state index contributed by atoms with van der Waals surface area (Å²) in [6.07, 6.45) is 12.0. The second-order valence-corrected chi connectivity index (χ2v) is 10.4. The first kappa shape index (κ1) is 20.0. The molecule has 0 spiro atoms. The van der Waals surface area contributed by atoms with Crippen molar-refractivity contribution in [3.05, 3.63) is 47.5 Å². The van der Waals surface area contributed by atoms with E-state index in [-0.39, 0.29) is 17.5 Å². The Labute approximate surface area is 180 Å². The van der Waals surface area contributed by atoms with Crippen LogP contribution >= 0.6 is 0 Å². The van der Waals surface area contributed by atoms with Crippen LogP contribution in [0.25, 0.3) is 0 Å². The maximum Gasteiger partial charge on any atom is 0.306 e. The van der Waals surface area contributed by atoms with Crippen LogP contribution in [-0.4, -0.2) is 17.9 Å². The zero-order chi connectivity index (χ0) is 20.7. The third kappa shape index (κ3) is 3.55. The van der Waals surface area contributed by atoms with Gasteiger partial charge in [0.1, 0.15) is 6.10 Å². The molecule has 160 valence electrons. The van der Waals surface area contributed by atoms with E-state index in [0.717, 1.165) is 50.4 Å². The number of fused-ring (bicyclic) bond motifs is 5. The van der Waals surface area contributed by atoms with E-state index >= 15 is 0 Å². The Morgan fingerprint density at radius 1 is 1.03 bits per heavy atom. The highest BCUT2D eigenvalue weighted by molar-refractivity contribution is 5.91. The molecule has 4 aliphatic rings. The first-order valence-corrected chi connectivity index (χ1v) is 12.0. The van der Waals surface area contributed by atoms with Gasteiger partial charge in [-0.05, 0) is 86.7 Å². The number of carbonyl (C=O) groups is 2. The van der Waals surface area contributed by atoms with Gasteiger partial charge in [-0.15, -0.1) is 0 Å². The van der Waals surface area contributed by atoms with E-state index < -0.39 is 0 Å². The summed E-state index contributed by atoms with van der Waals surface area (Å²) in [5.41, 5.74) is 2.77. The summed E-state index contributed by atoms with van der Waals surface area (Å²) in [5.74, 6) is 3.09. The van der Waals surface area contributed by atoms with Crippen molar-refractivity contribution in [2.45, 2.75) is 77.2 Å². The van der Waals surface area contributed by atoms with Gasteiger partial charge in [0.15, 0.2) is 5.78 Å². The quantitative estimate of drug-likeness (QED) is 0.605. The molecule has 1 aromatic carbocycles. The lowest BCUT2D eigenvalue weighted by atomic mass is 9.52. The Morgan fingerprint density at radius 2 is 1.87 bits per heavy atom. The molecule has 1 aromatic rings. The van der Waals surface area contributed by atoms with Crippen LogP contribution in [0.2, 0.25) is 0 Å². The third-order valence-electron chi connectivity index (χ3n) is 8.95. The summed E-state index contributed by atoms with van der Waals surface area (Å²) in [4.78, 5) is 24.5. The van der Waals surface area contributed by atoms with E-state index in [1.54, 1.807) is 0 Å². The zero-order valence-corrected chi connectivity index (χ0v) is 18.1. The number of allylic oxidation sites excluding steroid dienone is 1. The Balaban J connectivity index is 1.23. The number of esters is 1. The molecular formula is C27H34O3. The van der Waals surface area contributed by atoms with E-state index in [2.05, 4.69) is 19.1 Å². The lowest BCUT2D eigenvalue weighted by Crippen LogP contribution is -2.48.